The zero-order valence-electron chi connectivity index (χ0n) is 17.1. The number of fused-ring (bicyclic) bond motifs is 5. The molecular weight excluding hydrogens is 344 g/mol. The third-order valence-electron chi connectivity index (χ3n) is 5.59. The summed E-state index contributed by atoms with van der Waals surface area (Å²) in [5, 5.41) is 0. The van der Waals surface area contributed by atoms with Crippen LogP contribution in [-0.4, -0.2) is 14.0 Å². The summed E-state index contributed by atoms with van der Waals surface area (Å²) in [4.78, 5) is 5.06. The average molecular weight is 369 g/mol. The zero-order valence-corrected chi connectivity index (χ0v) is 17.1. The van der Waals surface area contributed by atoms with E-state index >= 15 is 0 Å². The summed E-state index contributed by atoms with van der Waals surface area (Å²) in [6.45, 7) is 8.97. The molecule has 0 atom stereocenters. The Labute approximate surface area is 164 Å². The Kier molecular flexibility index (Phi) is 3.45. The second kappa shape index (κ2) is 5.68. The quantitative estimate of drug-likeness (QED) is 0.388. The van der Waals surface area contributed by atoms with Crippen molar-refractivity contribution in [3.05, 3.63) is 71.9 Å². The van der Waals surface area contributed by atoms with Crippen LogP contribution >= 0.6 is 0 Å². The Hall–Kier alpha value is -3.14. The predicted molar refractivity (Wildman–Crippen MR) is 114 cm³/mol. The minimum Gasteiger partial charge on any atom is -0.256 e. The van der Waals surface area contributed by atoms with Gasteiger partial charge in [0.25, 0.3) is 0 Å². The molecule has 0 unspecified atom stereocenters. The van der Waals surface area contributed by atoms with Crippen LogP contribution in [0.3, 0.4) is 0 Å². The molecule has 0 aliphatic carbocycles. The monoisotopic (exact) mass is 369 g/mol. The molecule has 0 saturated carbocycles. The number of rotatable bonds is 1. The first-order chi connectivity index (χ1) is 13.4. The van der Waals surface area contributed by atoms with Crippen LogP contribution in [0, 0.1) is 6.92 Å². The van der Waals surface area contributed by atoms with Crippen molar-refractivity contribution in [3.8, 4) is 5.69 Å². The first kappa shape index (κ1) is 17.0. The molecule has 0 bridgehead atoms. The molecule has 3 heterocycles. The summed E-state index contributed by atoms with van der Waals surface area (Å²) in [5.74, 6) is 0.956. The average Bonchev–Trinajstić information content (AvgIpc) is 3.16. The van der Waals surface area contributed by atoms with Crippen LogP contribution in [0.25, 0.3) is 33.7 Å². The van der Waals surface area contributed by atoms with Gasteiger partial charge in [-0.2, -0.15) is 9.38 Å². The number of benzene rings is 2. The van der Waals surface area contributed by atoms with Gasteiger partial charge in [0.1, 0.15) is 0 Å². The van der Waals surface area contributed by atoms with Gasteiger partial charge in [-0.05, 0) is 47.7 Å². The highest BCUT2D eigenvalue weighted by molar-refractivity contribution is 5.91. The summed E-state index contributed by atoms with van der Waals surface area (Å²) < 4.78 is 6.78. The maximum atomic E-state index is 5.06. The second-order valence-corrected chi connectivity index (χ2v) is 8.62. The summed E-state index contributed by atoms with van der Waals surface area (Å²) >= 11 is 0. The SMILES string of the molecule is Cc1cccc2c1n1c(nc3ccc[n+](C)c31)n2-c1ccccc1C(C)(C)C. The molecule has 0 saturated heterocycles. The van der Waals surface area contributed by atoms with E-state index < -0.39 is 0 Å². The molecule has 5 rings (SSSR count). The van der Waals surface area contributed by atoms with Gasteiger partial charge in [-0.15, -0.1) is 0 Å². The molecule has 2 aromatic carbocycles. The number of hydrogen-bond donors (Lipinski definition) is 0. The molecule has 28 heavy (non-hydrogen) atoms. The summed E-state index contributed by atoms with van der Waals surface area (Å²) in [5.41, 5.74) is 8.31. The van der Waals surface area contributed by atoms with Crippen molar-refractivity contribution < 1.29 is 4.57 Å². The maximum Gasteiger partial charge on any atom is 0.315 e. The molecule has 140 valence electrons. The highest BCUT2D eigenvalue weighted by atomic mass is 15.2. The van der Waals surface area contributed by atoms with Gasteiger partial charge in [0, 0.05) is 0 Å². The lowest BCUT2D eigenvalue weighted by Gasteiger charge is -2.23. The largest absolute Gasteiger partial charge is 0.315 e. The Balaban J connectivity index is 2.06. The van der Waals surface area contributed by atoms with Crippen molar-refractivity contribution in [2.45, 2.75) is 33.1 Å². The van der Waals surface area contributed by atoms with Crippen LogP contribution in [0.1, 0.15) is 31.9 Å². The van der Waals surface area contributed by atoms with Crippen molar-refractivity contribution >= 4 is 28.0 Å². The van der Waals surface area contributed by atoms with Crippen LogP contribution in [0.5, 0.6) is 0 Å². The number of nitrogens with zero attached hydrogens (tertiary/aromatic N) is 4. The van der Waals surface area contributed by atoms with Crippen molar-refractivity contribution in [2.24, 2.45) is 7.05 Å². The van der Waals surface area contributed by atoms with Crippen LogP contribution in [0.4, 0.5) is 0 Å². The smallest absolute Gasteiger partial charge is 0.256 e. The van der Waals surface area contributed by atoms with Crippen LogP contribution in [0.15, 0.2) is 60.8 Å². The predicted octanol–water partition coefficient (Wildman–Crippen LogP) is 4.86. The lowest BCUT2D eigenvalue weighted by atomic mass is 9.85. The number of para-hydroxylation sites is 2. The third kappa shape index (κ3) is 2.24. The fourth-order valence-electron chi connectivity index (χ4n) is 4.32. The fourth-order valence-corrected chi connectivity index (χ4v) is 4.32. The Morgan fingerprint density at radius 1 is 0.929 bits per heavy atom. The number of hydrogen-bond acceptors (Lipinski definition) is 1. The highest BCUT2D eigenvalue weighted by Crippen LogP contribution is 2.34. The first-order valence-corrected chi connectivity index (χ1v) is 9.74. The van der Waals surface area contributed by atoms with E-state index in [-0.39, 0.29) is 5.41 Å². The second-order valence-electron chi connectivity index (χ2n) is 8.62. The van der Waals surface area contributed by atoms with E-state index in [1.807, 2.05) is 0 Å². The van der Waals surface area contributed by atoms with Crippen molar-refractivity contribution in [1.29, 1.82) is 0 Å². The lowest BCUT2D eigenvalue weighted by molar-refractivity contribution is -0.647. The number of imidazole rings is 2. The normalized spacial score (nSPS) is 12.5. The molecule has 0 radical (unpaired) electrons. The van der Waals surface area contributed by atoms with Gasteiger partial charge < -0.3 is 0 Å². The highest BCUT2D eigenvalue weighted by Gasteiger charge is 2.28. The van der Waals surface area contributed by atoms with Crippen molar-refractivity contribution in [2.75, 3.05) is 0 Å². The summed E-state index contributed by atoms with van der Waals surface area (Å²) in [6, 6.07) is 19.3. The van der Waals surface area contributed by atoms with E-state index in [1.54, 1.807) is 0 Å². The number of pyridine rings is 1. The number of aromatic nitrogens is 4. The van der Waals surface area contributed by atoms with Gasteiger partial charge in [-0.3, -0.25) is 4.57 Å². The molecule has 0 aliphatic heterocycles. The molecule has 5 aromatic rings. The van der Waals surface area contributed by atoms with Crippen molar-refractivity contribution in [1.82, 2.24) is 14.0 Å². The van der Waals surface area contributed by atoms with E-state index in [9.17, 15) is 0 Å². The fraction of sp³-hybridized carbons (Fsp3) is 0.250. The molecule has 0 amide bonds. The zero-order chi connectivity index (χ0) is 19.6. The summed E-state index contributed by atoms with van der Waals surface area (Å²) in [7, 11) is 2.08. The maximum absolute atomic E-state index is 5.06. The lowest BCUT2D eigenvalue weighted by Crippen LogP contribution is -2.29. The van der Waals surface area contributed by atoms with Gasteiger partial charge in [0.15, 0.2) is 11.0 Å². The molecule has 0 fully saturated rings. The van der Waals surface area contributed by atoms with Crippen LogP contribution in [0.2, 0.25) is 0 Å². The van der Waals surface area contributed by atoms with Crippen molar-refractivity contribution in [3.63, 3.8) is 0 Å². The first-order valence-electron chi connectivity index (χ1n) is 9.74. The minimum atomic E-state index is 0.0324. The Bertz CT molecular complexity index is 1360. The Morgan fingerprint density at radius 3 is 2.50 bits per heavy atom. The topological polar surface area (TPSA) is 26.1 Å². The third-order valence-corrected chi connectivity index (χ3v) is 5.59. The Morgan fingerprint density at radius 2 is 1.71 bits per heavy atom. The van der Waals surface area contributed by atoms with Gasteiger partial charge in [0.05, 0.1) is 24.4 Å². The van der Waals surface area contributed by atoms with E-state index in [1.165, 1.54) is 27.8 Å². The molecule has 3 aromatic heterocycles. The molecule has 0 aliphatic rings. The van der Waals surface area contributed by atoms with E-state index in [2.05, 4.69) is 109 Å². The minimum absolute atomic E-state index is 0.0324. The standard InChI is InChI=1S/C24H25N4/c1-16-10-8-14-20-21(16)28-22-18(12-9-15-26(22)5)25-23(28)27(20)19-13-7-6-11-17(19)24(2,3)4/h6-15H,1-5H3/q+1. The molecule has 4 heteroatoms. The molecule has 0 spiro atoms. The molecular formula is C24H25N4+. The number of aryl methyl sites for hydroxylation is 2. The van der Waals surface area contributed by atoms with Gasteiger partial charge >= 0.3 is 11.4 Å². The van der Waals surface area contributed by atoms with Crippen LogP contribution in [-0.2, 0) is 12.5 Å². The van der Waals surface area contributed by atoms with Crippen LogP contribution < -0.4 is 4.57 Å². The molecule has 4 nitrogen and oxygen atoms in total. The van der Waals surface area contributed by atoms with E-state index in [4.69, 9.17) is 4.98 Å². The van der Waals surface area contributed by atoms with Gasteiger partial charge in [-0.1, -0.05) is 51.1 Å². The van der Waals surface area contributed by atoms with Gasteiger partial charge in [-0.25, -0.2) is 4.57 Å². The molecule has 0 N–H and O–H groups in total. The van der Waals surface area contributed by atoms with E-state index in [0.29, 0.717) is 0 Å². The van der Waals surface area contributed by atoms with E-state index in [0.717, 1.165) is 16.9 Å². The summed E-state index contributed by atoms with van der Waals surface area (Å²) in [6.07, 6.45) is 2.08. The van der Waals surface area contributed by atoms with Gasteiger partial charge in [0.2, 0.25) is 0 Å².